The van der Waals surface area contributed by atoms with Gasteiger partial charge in [-0.05, 0) is 78.9 Å². The van der Waals surface area contributed by atoms with Crippen molar-refractivity contribution in [2.45, 2.75) is 76.6 Å². The van der Waals surface area contributed by atoms with Gasteiger partial charge in [0.25, 0.3) is 0 Å². The standard InChI is InChI=1S/C18H33N3O2/c1-18(2,3)23-17(22)21-12-7-13-5-6-15(16(13)21)19-14-8-10-20(4)11-9-14/h13-16,19H,5-12H2,1-4H3. The number of nitrogens with one attached hydrogen (secondary N) is 1. The van der Waals surface area contributed by atoms with E-state index >= 15 is 0 Å². The molecular formula is C18H33N3O2. The molecule has 1 amide bonds. The van der Waals surface area contributed by atoms with E-state index in [1.807, 2.05) is 25.7 Å². The Hall–Kier alpha value is -0.810. The second-order valence-electron chi connectivity index (χ2n) is 8.64. The molecule has 0 aromatic heterocycles. The molecule has 1 saturated carbocycles. The largest absolute Gasteiger partial charge is 0.444 e. The number of rotatable bonds is 2. The number of amides is 1. The van der Waals surface area contributed by atoms with Crippen LogP contribution >= 0.6 is 0 Å². The van der Waals surface area contributed by atoms with E-state index in [2.05, 4.69) is 17.3 Å². The molecule has 1 N–H and O–H groups in total. The molecule has 0 bridgehead atoms. The summed E-state index contributed by atoms with van der Waals surface area (Å²) >= 11 is 0. The summed E-state index contributed by atoms with van der Waals surface area (Å²) in [6.07, 6.45) is 5.89. The molecule has 1 aliphatic carbocycles. The van der Waals surface area contributed by atoms with Crippen molar-refractivity contribution >= 4 is 6.09 Å². The molecule has 0 aromatic carbocycles. The Morgan fingerprint density at radius 1 is 1.04 bits per heavy atom. The fourth-order valence-corrected chi connectivity index (χ4v) is 4.50. The number of carbonyl (C=O) groups excluding carboxylic acids is 1. The van der Waals surface area contributed by atoms with E-state index < -0.39 is 5.60 Å². The van der Waals surface area contributed by atoms with E-state index in [1.165, 1.54) is 38.8 Å². The molecule has 5 heteroatoms. The summed E-state index contributed by atoms with van der Waals surface area (Å²) in [6, 6.07) is 1.39. The van der Waals surface area contributed by atoms with Crippen LogP contribution in [0, 0.1) is 5.92 Å². The molecule has 0 spiro atoms. The van der Waals surface area contributed by atoms with Crippen LogP contribution in [0.15, 0.2) is 0 Å². The quantitative estimate of drug-likeness (QED) is 0.848. The van der Waals surface area contributed by atoms with Crippen LogP contribution in [-0.2, 0) is 4.74 Å². The molecule has 2 saturated heterocycles. The van der Waals surface area contributed by atoms with Gasteiger partial charge in [0.1, 0.15) is 5.60 Å². The van der Waals surface area contributed by atoms with Crippen LogP contribution in [0.5, 0.6) is 0 Å². The highest BCUT2D eigenvalue weighted by molar-refractivity contribution is 5.69. The number of hydrogen-bond donors (Lipinski definition) is 1. The molecule has 3 atom stereocenters. The van der Waals surface area contributed by atoms with Crippen molar-refractivity contribution in [3.8, 4) is 0 Å². The van der Waals surface area contributed by atoms with Crippen LogP contribution in [0.2, 0.25) is 0 Å². The third kappa shape index (κ3) is 4.00. The number of hydrogen-bond acceptors (Lipinski definition) is 4. The number of nitrogens with zero attached hydrogens (tertiary/aromatic N) is 2. The second-order valence-corrected chi connectivity index (χ2v) is 8.64. The number of likely N-dealkylation sites (tertiary alicyclic amines) is 2. The van der Waals surface area contributed by atoms with Crippen molar-refractivity contribution < 1.29 is 9.53 Å². The van der Waals surface area contributed by atoms with E-state index in [1.54, 1.807) is 0 Å². The Morgan fingerprint density at radius 2 is 1.74 bits per heavy atom. The highest BCUT2D eigenvalue weighted by Crippen LogP contribution is 2.39. The van der Waals surface area contributed by atoms with Gasteiger partial charge in [0.15, 0.2) is 0 Å². The van der Waals surface area contributed by atoms with Gasteiger partial charge >= 0.3 is 6.09 Å². The van der Waals surface area contributed by atoms with Gasteiger partial charge in [-0.1, -0.05) is 0 Å². The lowest BCUT2D eigenvalue weighted by Gasteiger charge is -2.36. The average Bonchev–Trinajstić information content (AvgIpc) is 3.02. The zero-order chi connectivity index (χ0) is 16.6. The predicted molar refractivity (Wildman–Crippen MR) is 91.5 cm³/mol. The lowest BCUT2D eigenvalue weighted by Crippen LogP contribution is -2.53. The zero-order valence-corrected chi connectivity index (χ0v) is 15.2. The first kappa shape index (κ1) is 17.0. The Labute approximate surface area is 140 Å². The van der Waals surface area contributed by atoms with E-state index in [9.17, 15) is 4.79 Å². The highest BCUT2D eigenvalue weighted by Gasteiger charge is 2.47. The third-order valence-electron chi connectivity index (χ3n) is 5.64. The van der Waals surface area contributed by atoms with Crippen molar-refractivity contribution in [1.29, 1.82) is 0 Å². The lowest BCUT2D eigenvalue weighted by atomic mass is 10.0. The Bertz CT molecular complexity index is 426. The summed E-state index contributed by atoms with van der Waals surface area (Å²) in [5.74, 6) is 0.659. The molecule has 3 unspecified atom stereocenters. The fourth-order valence-electron chi connectivity index (χ4n) is 4.50. The maximum atomic E-state index is 12.6. The smallest absolute Gasteiger partial charge is 0.410 e. The van der Waals surface area contributed by atoms with Crippen LogP contribution in [0.3, 0.4) is 0 Å². The molecular weight excluding hydrogens is 290 g/mol. The summed E-state index contributed by atoms with van der Waals surface area (Å²) in [4.78, 5) is 17.0. The monoisotopic (exact) mass is 323 g/mol. The number of carbonyl (C=O) groups is 1. The summed E-state index contributed by atoms with van der Waals surface area (Å²) in [6.45, 7) is 9.04. The van der Waals surface area contributed by atoms with E-state index in [4.69, 9.17) is 4.74 Å². The number of ether oxygens (including phenoxy) is 1. The van der Waals surface area contributed by atoms with E-state index in [-0.39, 0.29) is 6.09 Å². The molecule has 23 heavy (non-hydrogen) atoms. The maximum absolute atomic E-state index is 12.6. The molecule has 0 aromatic rings. The molecule has 132 valence electrons. The van der Waals surface area contributed by atoms with Crippen molar-refractivity contribution in [2.75, 3.05) is 26.7 Å². The van der Waals surface area contributed by atoms with Crippen molar-refractivity contribution in [1.82, 2.24) is 15.1 Å². The Morgan fingerprint density at radius 3 is 2.39 bits per heavy atom. The Balaban J connectivity index is 1.60. The second kappa shape index (κ2) is 6.60. The summed E-state index contributed by atoms with van der Waals surface area (Å²) in [5.41, 5.74) is -0.412. The van der Waals surface area contributed by atoms with Crippen molar-refractivity contribution in [2.24, 2.45) is 5.92 Å². The third-order valence-corrected chi connectivity index (χ3v) is 5.64. The first-order valence-corrected chi connectivity index (χ1v) is 9.28. The predicted octanol–water partition coefficient (Wildman–Crippen LogP) is 2.46. The van der Waals surface area contributed by atoms with Gasteiger partial charge in [0.05, 0.1) is 6.04 Å². The molecule has 2 heterocycles. The SMILES string of the molecule is CN1CCC(NC2CCC3CCN(C(=O)OC(C)(C)C)C32)CC1. The van der Waals surface area contributed by atoms with E-state index in [0.29, 0.717) is 24.0 Å². The normalized spacial score (nSPS) is 33.0. The topological polar surface area (TPSA) is 44.8 Å². The highest BCUT2D eigenvalue weighted by atomic mass is 16.6. The number of fused-ring (bicyclic) bond motifs is 1. The van der Waals surface area contributed by atoms with Crippen LogP contribution < -0.4 is 5.32 Å². The minimum absolute atomic E-state index is 0.123. The Kier molecular flexibility index (Phi) is 4.88. The summed E-state index contributed by atoms with van der Waals surface area (Å²) in [7, 11) is 2.20. The van der Waals surface area contributed by atoms with Gasteiger partial charge in [0.2, 0.25) is 0 Å². The number of piperidine rings is 1. The zero-order valence-electron chi connectivity index (χ0n) is 15.2. The van der Waals surface area contributed by atoms with Gasteiger partial charge in [-0.2, -0.15) is 0 Å². The first-order chi connectivity index (χ1) is 10.8. The van der Waals surface area contributed by atoms with Crippen LogP contribution in [-0.4, -0.2) is 66.3 Å². The first-order valence-electron chi connectivity index (χ1n) is 9.28. The van der Waals surface area contributed by atoms with Gasteiger partial charge in [-0.25, -0.2) is 4.79 Å². The molecule has 3 rings (SSSR count). The van der Waals surface area contributed by atoms with Crippen LogP contribution in [0.1, 0.15) is 52.9 Å². The molecule has 0 radical (unpaired) electrons. The average molecular weight is 323 g/mol. The molecule has 5 nitrogen and oxygen atoms in total. The minimum Gasteiger partial charge on any atom is -0.444 e. The lowest BCUT2D eigenvalue weighted by molar-refractivity contribution is 0.0189. The van der Waals surface area contributed by atoms with Crippen LogP contribution in [0.25, 0.3) is 0 Å². The molecule has 2 aliphatic heterocycles. The van der Waals surface area contributed by atoms with Crippen LogP contribution in [0.4, 0.5) is 4.79 Å². The van der Waals surface area contributed by atoms with Gasteiger partial charge in [-0.3, -0.25) is 0 Å². The van der Waals surface area contributed by atoms with E-state index in [0.717, 1.165) is 13.0 Å². The van der Waals surface area contributed by atoms with Crippen molar-refractivity contribution in [3.05, 3.63) is 0 Å². The van der Waals surface area contributed by atoms with Gasteiger partial charge in [0, 0.05) is 18.6 Å². The summed E-state index contributed by atoms with van der Waals surface area (Å²) in [5, 5.41) is 3.88. The molecule has 3 fully saturated rings. The summed E-state index contributed by atoms with van der Waals surface area (Å²) < 4.78 is 5.63. The molecule has 3 aliphatic rings. The maximum Gasteiger partial charge on any atom is 0.410 e. The minimum atomic E-state index is -0.412. The van der Waals surface area contributed by atoms with Gasteiger partial charge in [-0.15, -0.1) is 0 Å². The van der Waals surface area contributed by atoms with Gasteiger partial charge < -0.3 is 19.9 Å². The van der Waals surface area contributed by atoms with Crippen molar-refractivity contribution in [3.63, 3.8) is 0 Å². The fraction of sp³-hybridized carbons (Fsp3) is 0.944.